The maximum atomic E-state index is 13.9. The fourth-order valence-electron chi connectivity index (χ4n) is 1.52. The maximum absolute atomic E-state index is 13.9. The zero-order valence-corrected chi connectivity index (χ0v) is 10.2. The number of alkyl halides is 2. The molecule has 96 valence electrons. The van der Waals surface area contributed by atoms with Crippen LogP contribution >= 0.6 is 0 Å². The molecule has 1 rings (SSSR count). The van der Waals surface area contributed by atoms with Gasteiger partial charge in [-0.05, 0) is 19.2 Å². The molecule has 0 unspecified atom stereocenters. The lowest BCUT2D eigenvalue weighted by Gasteiger charge is -2.19. The lowest BCUT2D eigenvalue weighted by Crippen LogP contribution is -2.21. The van der Waals surface area contributed by atoms with Gasteiger partial charge in [0.05, 0.1) is 19.8 Å². The van der Waals surface area contributed by atoms with Crippen LogP contribution < -0.4 is 14.8 Å². The third kappa shape index (κ3) is 3.30. The molecule has 0 spiro atoms. The first-order valence-electron chi connectivity index (χ1n) is 5.30. The normalized spacial score (nSPS) is 11.4. The summed E-state index contributed by atoms with van der Waals surface area (Å²) in [5.74, 6) is -2.28. The smallest absolute Gasteiger partial charge is 0.278 e. The van der Waals surface area contributed by atoms with Crippen molar-refractivity contribution < 1.29 is 18.3 Å². The Kier molecular flexibility index (Phi) is 4.69. The summed E-state index contributed by atoms with van der Waals surface area (Å²) < 4.78 is 37.7. The van der Waals surface area contributed by atoms with E-state index in [0.717, 1.165) is 0 Å². The Labute approximate surface area is 99.7 Å². The average molecular weight is 245 g/mol. The van der Waals surface area contributed by atoms with Crippen LogP contribution in [-0.4, -0.2) is 27.8 Å². The minimum absolute atomic E-state index is 0.115. The quantitative estimate of drug-likeness (QED) is 0.834. The summed E-state index contributed by atoms with van der Waals surface area (Å²) in [7, 11) is 4.49. The third-order valence-corrected chi connectivity index (χ3v) is 2.49. The highest BCUT2D eigenvalue weighted by atomic mass is 19.3. The SMILES string of the molecule is CNCCC(F)(F)c1ccc(OC)cc1OC. The average Bonchev–Trinajstić information content (AvgIpc) is 2.35. The zero-order chi connectivity index (χ0) is 12.9. The van der Waals surface area contributed by atoms with E-state index < -0.39 is 5.92 Å². The molecule has 0 aliphatic heterocycles. The monoisotopic (exact) mass is 245 g/mol. The van der Waals surface area contributed by atoms with Crippen LogP contribution in [0.1, 0.15) is 12.0 Å². The highest BCUT2D eigenvalue weighted by Gasteiger charge is 2.34. The van der Waals surface area contributed by atoms with Gasteiger partial charge in [-0.25, -0.2) is 8.78 Å². The first-order chi connectivity index (χ1) is 8.05. The molecular weight excluding hydrogens is 228 g/mol. The van der Waals surface area contributed by atoms with Crippen LogP contribution in [0.25, 0.3) is 0 Å². The number of hydrogen-bond acceptors (Lipinski definition) is 3. The van der Waals surface area contributed by atoms with Gasteiger partial charge in [0.25, 0.3) is 5.92 Å². The van der Waals surface area contributed by atoms with Crippen LogP contribution in [0.4, 0.5) is 8.78 Å². The van der Waals surface area contributed by atoms with Gasteiger partial charge in [0.1, 0.15) is 11.5 Å². The number of nitrogens with one attached hydrogen (secondary N) is 1. The zero-order valence-electron chi connectivity index (χ0n) is 10.2. The van der Waals surface area contributed by atoms with Crippen LogP contribution in [0.15, 0.2) is 18.2 Å². The molecule has 0 fully saturated rings. The fourth-order valence-corrected chi connectivity index (χ4v) is 1.52. The van der Waals surface area contributed by atoms with Crippen LogP contribution in [0.3, 0.4) is 0 Å². The Hall–Kier alpha value is -1.36. The van der Waals surface area contributed by atoms with Crippen LogP contribution in [0.5, 0.6) is 11.5 Å². The van der Waals surface area contributed by atoms with Gasteiger partial charge in [-0.3, -0.25) is 0 Å². The molecule has 0 aliphatic carbocycles. The van der Waals surface area contributed by atoms with Crippen molar-refractivity contribution >= 4 is 0 Å². The van der Waals surface area contributed by atoms with Crippen molar-refractivity contribution in [3.8, 4) is 11.5 Å². The lowest BCUT2D eigenvalue weighted by molar-refractivity contribution is -0.0144. The summed E-state index contributed by atoms with van der Waals surface area (Å²) in [6.07, 6.45) is -0.272. The molecule has 0 saturated heterocycles. The van der Waals surface area contributed by atoms with E-state index >= 15 is 0 Å². The molecule has 0 radical (unpaired) electrons. The van der Waals surface area contributed by atoms with Crippen molar-refractivity contribution in [2.24, 2.45) is 0 Å². The molecule has 0 atom stereocenters. The standard InChI is InChI=1S/C12H17F2NO2/c1-15-7-6-12(13,14)10-5-4-9(16-2)8-11(10)17-3/h4-5,8,15H,6-7H2,1-3H3. The maximum Gasteiger partial charge on any atom is 0.278 e. The molecule has 0 heterocycles. The molecule has 1 N–H and O–H groups in total. The van der Waals surface area contributed by atoms with Crippen LogP contribution in [-0.2, 0) is 5.92 Å². The Morgan fingerprint density at radius 1 is 1.24 bits per heavy atom. The molecule has 1 aromatic rings. The van der Waals surface area contributed by atoms with Gasteiger partial charge in [-0.1, -0.05) is 0 Å². The van der Waals surface area contributed by atoms with Gasteiger partial charge in [-0.2, -0.15) is 0 Å². The third-order valence-electron chi connectivity index (χ3n) is 2.49. The number of benzene rings is 1. The van der Waals surface area contributed by atoms with Crippen molar-refractivity contribution in [1.82, 2.24) is 5.32 Å². The van der Waals surface area contributed by atoms with E-state index in [1.165, 1.54) is 32.4 Å². The Morgan fingerprint density at radius 2 is 1.94 bits per heavy atom. The Morgan fingerprint density at radius 3 is 2.47 bits per heavy atom. The van der Waals surface area contributed by atoms with Crippen molar-refractivity contribution in [1.29, 1.82) is 0 Å². The molecular formula is C12H17F2NO2. The van der Waals surface area contributed by atoms with Crippen molar-refractivity contribution in [3.05, 3.63) is 23.8 Å². The van der Waals surface area contributed by atoms with Crippen LogP contribution in [0, 0.1) is 0 Å². The molecule has 0 aliphatic rings. The minimum Gasteiger partial charge on any atom is -0.497 e. The second kappa shape index (κ2) is 5.82. The van der Waals surface area contributed by atoms with Gasteiger partial charge in [0, 0.05) is 19.0 Å². The molecule has 0 bridgehead atoms. The van der Waals surface area contributed by atoms with Gasteiger partial charge in [0.15, 0.2) is 0 Å². The number of halogens is 2. The van der Waals surface area contributed by atoms with E-state index in [9.17, 15) is 8.78 Å². The molecule has 0 amide bonds. The highest BCUT2D eigenvalue weighted by Crippen LogP contribution is 2.39. The largest absolute Gasteiger partial charge is 0.497 e. The summed E-state index contributed by atoms with van der Waals surface area (Å²) in [6, 6.07) is 4.31. The predicted molar refractivity (Wildman–Crippen MR) is 62.0 cm³/mol. The first-order valence-corrected chi connectivity index (χ1v) is 5.30. The van der Waals surface area contributed by atoms with Gasteiger partial charge in [0.2, 0.25) is 0 Å². The van der Waals surface area contributed by atoms with Crippen LogP contribution in [0.2, 0.25) is 0 Å². The minimum atomic E-state index is -2.92. The van der Waals surface area contributed by atoms with Gasteiger partial charge >= 0.3 is 0 Å². The fraction of sp³-hybridized carbons (Fsp3) is 0.500. The summed E-state index contributed by atoms with van der Waals surface area (Å²) in [6.45, 7) is 0.238. The molecule has 5 heteroatoms. The second-order valence-corrected chi connectivity index (χ2v) is 3.62. The van der Waals surface area contributed by atoms with E-state index in [1.807, 2.05) is 0 Å². The topological polar surface area (TPSA) is 30.5 Å². The van der Waals surface area contributed by atoms with Gasteiger partial charge in [-0.15, -0.1) is 0 Å². The number of ether oxygens (including phenoxy) is 2. The molecule has 0 aromatic heterocycles. The van der Waals surface area contributed by atoms with Crippen molar-refractivity contribution in [2.45, 2.75) is 12.3 Å². The van der Waals surface area contributed by atoms with Crippen molar-refractivity contribution in [2.75, 3.05) is 27.8 Å². The van der Waals surface area contributed by atoms with E-state index in [1.54, 1.807) is 7.05 Å². The summed E-state index contributed by atoms with van der Waals surface area (Å²) in [5, 5.41) is 2.71. The second-order valence-electron chi connectivity index (χ2n) is 3.62. The van der Waals surface area contributed by atoms with Gasteiger partial charge < -0.3 is 14.8 Å². The van der Waals surface area contributed by atoms with E-state index in [0.29, 0.717) is 5.75 Å². The Bertz CT molecular complexity index is 370. The van der Waals surface area contributed by atoms with E-state index in [4.69, 9.17) is 9.47 Å². The van der Waals surface area contributed by atoms with E-state index in [2.05, 4.69) is 5.32 Å². The molecule has 0 saturated carbocycles. The first kappa shape index (κ1) is 13.7. The summed E-state index contributed by atoms with van der Waals surface area (Å²) in [5.41, 5.74) is -0.115. The number of rotatable bonds is 6. The summed E-state index contributed by atoms with van der Waals surface area (Å²) in [4.78, 5) is 0. The van der Waals surface area contributed by atoms with E-state index in [-0.39, 0.29) is 24.3 Å². The molecule has 17 heavy (non-hydrogen) atoms. The predicted octanol–water partition coefficient (Wildman–Crippen LogP) is 2.41. The summed E-state index contributed by atoms with van der Waals surface area (Å²) >= 11 is 0. The highest BCUT2D eigenvalue weighted by molar-refractivity contribution is 5.43. The number of methoxy groups -OCH3 is 2. The molecule has 1 aromatic carbocycles. The number of hydrogen-bond donors (Lipinski definition) is 1. The van der Waals surface area contributed by atoms with Crippen molar-refractivity contribution in [3.63, 3.8) is 0 Å². The lowest BCUT2D eigenvalue weighted by atomic mass is 10.0. The Balaban J connectivity index is 3.03. The molecule has 3 nitrogen and oxygen atoms in total.